The molecule has 4 amide bonds. The Morgan fingerprint density at radius 1 is 0.864 bits per heavy atom. The lowest BCUT2D eigenvalue weighted by molar-refractivity contribution is -0.605. The minimum absolute atomic E-state index is 0.0101. The van der Waals surface area contributed by atoms with Crippen molar-refractivity contribution in [1.29, 1.82) is 0 Å². The maximum atomic E-state index is 15.1. The highest BCUT2D eigenvalue weighted by atomic mass is 32.2. The Bertz CT molecular complexity index is 2620. The molecule has 0 aliphatic carbocycles. The van der Waals surface area contributed by atoms with Gasteiger partial charge in [0.15, 0.2) is 24.4 Å². The molecule has 1 saturated heterocycles. The molecule has 2 unspecified atom stereocenters. The molecule has 22 heteroatoms. The van der Waals surface area contributed by atoms with Gasteiger partial charge in [-0.1, -0.05) is 19.9 Å². The highest BCUT2D eigenvalue weighted by Gasteiger charge is 2.45. The summed E-state index contributed by atoms with van der Waals surface area (Å²) in [7, 11) is -2.09. The molecule has 350 valence electrons. The van der Waals surface area contributed by atoms with Gasteiger partial charge < -0.3 is 29.6 Å². The van der Waals surface area contributed by atoms with Crippen LogP contribution in [-0.2, 0) is 38.6 Å². The zero-order valence-corrected chi connectivity index (χ0v) is 37.3. The van der Waals surface area contributed by atoms with Gasteiger partial charge in [0.05, 0.1) is 80.6 Å². The molecule has 0 bridgehead atoms. The second-order valence-electron chi connectivity index (χ2n) is 15.7. The van der Waals surface area contributed by atoms with E-state index in [0.29, 0.717) is 49.9 Å². The zero-order valence-electron chi connectivity index (χ0n) is 36.5. The first-order chi connectivity index (χ1) is 31.7. The standard InChI is InChI=1S/C44H49F2N9O10S/c1-26(2)40-31-23-27(24-32(45)39(31)53-54(40)3)38-33(46)25-48-44(52-38)50-28-7-9-29(10-8-28)66(60,61)49-14-16-63-18-20-65-22-21-64-19-17-62-15-13-47-34-6-4-5-30-37(34)43(59)55(42(30)58)35-11-12-36(56)51-41(35)57/h4-10,23-26,35,40,49H,11-22H2,1-3H3,(H2-,47,48,50,51,52,56,57,59)/p+1. The number of azo groups is 2. The maximum absolute atomic E-state index is 15.1. The average Bonchev–Trinajstić information content (AvgIpc) is 3.76. The molecule has 0 saturated carbocycles. The third kappa shape index (κ3) is 11.1. The van der Waals surface area contributed by atoms with Crippen LogP contribution in [0.25, 0.3) is 11.3 Å². The Morgan fingerprint density at radius 3 is 2.20 bits per heavy atom. The summed E-state index contributed by atoms with van der Waals surface area (Å²) in [6.07, 6.45) is 1.10. The first-order valence-electron chi connectivity index (χ1n) is 21.3. The molecule has 4 N–H and O–H groups in total. The summed E-state index contributed by atoms with van der Waals surface area (Å²) in [4.78, 5) is 59.3. The first-order valence-corrected chi connectivity index (χ1v) is 22.8. The fourth-order valence-corrected chi connectivity index (χ4v) is 8.80. The summed E-state index contributed by atoms with van der Waals surface area (Å²) in [5.74, 6) is -3.44. The van der Waals surface area contributed by atoms with Gasteiger partial charge in [0.2, 0.25) is 33.8 Å². The number of carbonyl (C=O) groups excluding carboxylic acids is 4. The fourth-order valence-electron chi connectivity index (χ4n) is 7.79. The van der Waals surface area contributed by atoms with E-state index in [-0.39, 0.29) is 96.7 Å². The monoisotopic (exact) mass is 934 g/mol. The molecule has 3 aromatic carbocycles. The summed E-state index contributed by atoms with van der Waals surface area (Å²) in [5.41, 5.74) is 2.25. The number of sulfonamides is 1. The van der Waals surface area contributed by atoms with Crippen molar-refractivity contribution in [2.75, 3.05) is 83.6 Å². The third-order valence-corrected chi connectivity index (χ3v) is 12.3. The normalized spacial score (nSPS) is 17.0. The van der Waals surface area contributed by atoms with Gasteiger partial charge in [-0.05, 0) is 60.1 Å². The summed E-state index contributed by atoms with van der Waals surface area (Å²) in [5, 5.41) is 12.6. The second-order valence-corrected chi connectivity index (χ2v) is 17.5. The van der Waals surface area contributed by atoms with Crippen LogP contribution in [0.4, 0.5) is 31.8 Å². The number of halogens is 2. The average molecular weight is 935 g/mol. The molecule has 1 aromatic heterocycles. The van der Waals surface area contributed by atoms with E-state index >= 15 is 4.39 Å². The molecule has 66 heavy (non-hydrogen) atoms. The molecule has 7 rings (SSSR count). The minimum atomic E-state index is -3.86. The number of hydrogen-bond donors (Lipinski definition) is 4. The summed E-state index contributed by atoms with van der Waals surface area (Å²) < 4.78 is 82.1. The van der Waals surface area contributed by atoms with Crippen molar-refractivity contribution in [1.82, 2.24) is 24.9 Å². The SMILES string of the molecule is CC(C)C1c2cc(-c3nc(Nc4ccc(S(=O)(=O)NCCOCCOCCOCCOCCNc5cccc6c5C(=O)N(C5CCC(=O)NC5=O)C6=O)cc4)ncc3F)cc(F)c2N=[N+]1C. The van der Waals surface area contributed by atoms with Crippen LogP contribution in [0, 0.1) is 17.6 Å². The smallest absolute Gasteiger partial charge is 0.264 e. The number of aromatic nitrogens is 2. The van der Waals surface area contributed by atoms with Crippen LogP contribution in [0.3, 0.4) is 0 Å². The fraction of sp³-hybridized carbons (Fsp3) is 0.409. The molecule has 3 aliphatic rings. The van der Waals surface area contributed by atoms with E-state index < -0.39 is 51.3 Å². The minimum Gasteiger partial charge on any atom is -0.382 e. The Kier molecular flexibility index (Phi) is 15.5. The molecule has 0 radical (unpaired) electrons. The van der Waals surface area contributed by atoms with E-state index in [0.717, 1.165) is 11.1 Å². The van der Waals surface area contributed by atoms with E-state index in [2.05, 4.69) is 35.8 Å². The molecular formula is C44H50F2N9O10S+. The molecule has 4 aromatic rings. The van der Waals surface area contributed by atoms with Crippen LogP contribution in [-0.4, -0.2) is 131 Å². The molecule has 0 spiro atoms. The van der Waals surface area contributed by atoms with Crippen molar-refractivity contribution in [2.45, 2.75) is 43.7 Å². The topological polar surface area (TPSA) is 232 Å². The Labute approximate surface area is 379 Å². The summed E-state index contributed by atoms with van der Waals surface area (Å²) in [6.45, 7) is 6.48. The number of fused-ring (bicyclic) bond motifs is 2. The molecule has 3 aliphatic heterocycles. The number of nitrogens with one attached hydrogen (secondary N) is 4. The third-order valence-electron chi connectivity index (χ3n) is 10.8. The molecule has 19 nitrogen and oxygen atoms in total. The number of benzene rings is 3. The van der Waals surface area contributed by atoms with Crippen LogP contribution in [0.15, 0.2) is 70.8 Å². The van der Waals surface area contributed by atoms with Gasteiger partial charge in [-0.25, -0.2) is 31.9 Å². The largest absolute Gasteiger partial charge is 0.382 e. The van der Waals surface area contributed by atoms with E-state index in [1.165, 1.54) is 36.4 Å². The molecule has 4 heterocycles. The van der Waals surface area contributed by atoms with Crippen LogP contribution >= 0.6 is 0 Å². The van der Waals surface area contributed by atoms with Crippen molar-refractivity contribution in [3.63, 3.8) is 0 Å². The molecular weight excluding hydrogens is 885 g/mol. The number of hydrogen-bond acceptors (Lipinski definition) is 15. The number of amides is 4. The van der Waals surface area contributed by atoms with Gasteiger partial charge in [-0.3, -0.25) is 29.4 Å². The number of anilines is 3. The summed E-state index contributed by atoms with van der Waals surface area (Å²) in [6, 6.07) is 12.3. The number of nitrogens with zero attached hydrogens (tertiary/aromatic N) is 5. The molecule has 1 fully saturated rings. The van der Waals surface area contributed by atoms with Crippen molar-refractivity contribution in [2.24, 2.45) is 11.0 Å². The van der Waals surface area contributed by atoms with E-state index in [1.54, 1.807) is 29.9 Å². The number of rotatable bonds is 23. The van der Waals surface area contributed by atoms with Gasteiger partial charge in [0.1, 0.15) is 11.7 Å². The Morgan fingerprint density at radius 2 is 1.53 bits per heavy atom. The number of piperidine rings is 1. The van der Waals surface area contributed by atoms with E-state index in [4.69, 9.17) is 18.9 Å². The van der Waals surface area contributed by atoms with Crippen LogP contribution in [0.5, 0.6) is 0 Å². The van der Waals surface area contributed by atoms with E-state index in [1.807, 2.05) is 13.8 Å². The molecule has 2 atom stereocenters. The van der Waals surface area contributed by atoms with Crippen LogP contribution in [0.1, 0.15) is 59.0 Å². The van der Waals surface area contributed by atoms with Crippen molar-refractivity contribution in [3.8, 4) is 11.3 Å². The lowest BCUT2D eigenvalue weighted by Crippen LogP contribution is -2.54. The number of ether oxygens (including phenoxy) is 4. The van der Waals surface area contributed by atoms with Crippen LogP contribution in [0.2, 0.25) is 0 Å². The van der Waals surface area contributed by atoms with Gasteiger partial charge in [-0.15, -0.1) is 4.70 Å². The lowest BCUT2D eigenvalue weighted by Gasteiger charge is -2.27. The van der Waals surface area contributed by atoms with Crippen molar-refractivity contribution < 1.29 is 60.0 Å². The summed E-state index contributed by atoms with van der Waals surface area (Å²) >= 11 is 0. The number of carbonyl (C=O) groups is 4. The Balaban J connectivity index is 0.733. The second kappa shape index (κ2) is 21.4. The van der Waals surface area contributed by atoms with Crippen molar-refractivity contribution >= 4 is 56.7 Å². The lowest BCUT2D eigenvalue weighted by atomic mass is 9.93. The van der Waals surface area contributed by atoms with E-state index in [9.17, 15) is 32.0 Å². The number of imide groups is 2. The predicted molar refractivity (Wildman–Crippen MR) is 233 cm³/mol. The van der Waals surface area contributed by atoms with Gasteiger partial charge in [0, 0.05) is 42.4 Å². The highest BCUT2D eigenvalue weighted by Crippen LogP contribution is 2.43. The highest BCUT2D eigenvalue weighted by molar-refractivity contribution is 7.89. The van der Waals surface area contributed by atoms with Crippen LogP contribution < -0.4 is 20.7 Å². The van der Waals surface area contributed by atoms with Gasteiger partial charge in [0.25, 0.3) is 11.8 Å². The zero-order chi connectivity index (χ0) is 47.0. The van der Waals surface area contributed by atoms with Crippen molar-refractivity contribution in [3.05, 3.63) is 89.1 Å². The van der Waals surface area contributed by atoms with Gasteiger partial charge >= 0.3 is 0 Å². The first kappa shape index (κ1) is 47.8. The quantitative estimate of drug-likeness (QED) is 0.0457. The maximum Gasteiger partial charge on any atom is 0.264 e. The van der Waals surface area contributed by atoms with Gasteiger partial charge in [-0.2, -0.15) is 0 Å². The Hall–Kier alpha value is -6.17. The predicted octanol–water partition coefficient (Wildman–Crippen LogP) is 4.46.